The molecule has 13 heavy (non-hydrogen) atoms. The summed E-state index contributed by atoms with van der Waals surface area (Å²) in [5.41, 5.74) is 0. The van der Waals surface area contributed by atoms with E-state index < -0.39 is 13.8 Å². The molecule has 0 radical (unpaired) electrons. The van der Waals surface area contributed by atoms with Crippen molar-refractivity contribution in [2.45, 2.75) is 39.0 Å². The lowest BCUT2D eigenvalue weighted by molar-refractivity contribution is -0.117. The van der Waals surface area contributed by atoms with Crippen LogP contribution in [0.25, 0.3) is 0 Å². The Morgan fingerprint density at radius 1 is 1.23 bits per heavy atom. The number of ketones is 1. The summed E-state index contributed by atoms with van der Waals surface area (Å²) < 4.78 is 10.4. The van der Waals surface area contributed by atoms with E-state index in [1.807, 2.05) is 0 Å². The quantitative estimate of drug-likeness (QED) is 0.493. The topological polar surface area (TPSA) is 74.6 Å². The summed E-state index contributed by atoms with van der Waals surface area (Å²) in [7, 11) is -4.13. The van der Waals surface area contributed by atoms with Gasteiger partial charge in [-0.3, -0.25) is 9.36 Å². The van der Waals surface area contributed by atoms with Crippen molar-refractivity contribution in [3.8, 4) is 0 Å². The minimum atomic E-state index is -4.13. The Balaban J connectivity index is 3.47. The Morgan fingerprint density at radius 3 is 2.31 bits per heavy atom. The van der Waals surface area contributed by atoms with Crippen molar-refractivity contribution in [3.63, 3.8) is 0 Å². The van der Waals surface area contributed by atoms with E-state index in [2.05, 4.69) is 6.92 Å². The van der Waals surface area contributed by atoms with Crippen LogP contribution in [0.3, 0.4) is 0 Å². The molecule has 0 aliphatic heterocycles. The van der Waals surface area contributed by atoms with E-state index in [0.29, 0.717) is 6.42 Å². The van der Waals surface area contributed by atoms with Gasteiger partial charge >= 0.3 is 7.60 Å². The highest BCUT2D eigenvalue weighted by atomic mass is 31.2. The molecule has 0 rings (SSSR count). The first-order valence-corrected chi connectivity index (χ1v) is 6.31. The molecule has 2 N–H and O–H groups in total. The van der Waals surface area contributed by atoms with Gasteiger partial charge in [0.1, 0.15) is 11.9 Å². The summed E-state index contributed by atoms with van der Waals surface area (Å²) in [6.45, 7) is 2.07. The third-order valence-electron chi connectivity index (χ3n) is 1.69. The summed E-state index contributed by atoms with van der Waals surface area (Å²) in [4.78, 5) is 27.9. The van der Waals surface area contributed by atoms with E-state index >= 15 is 0 Å². The van der Waals surface area contributed by atoms with Gasteiger partial charge < -0.3 is 9.79 Å². The third-order valence-corrected chi connectivity index (χ3v) is 2.46. The average molecular weight is 208 g/mol. The molecule has 78 valence electrons. The van der Waals surface area contributed by atoms with Crippen molar-refractivity contribution in [3.05, 3.63) is 0 Å². The summed E-state index contributed by atoms with van der Waals surface area (Å²) in [6, 6.07) is 0. The first-order valence-electron chi connectivity index (χ1n) is 4.52. The number of carbonyl (C=O) groups excluding carboxylic acids is 1. The average Bonchev–Trinajstić information content (AvgIpc) is 1.94. The highest BCUT2D eigenvalue weighted by Gasteiger charge is 2.17. The van der Waals surface area contributed by atoms with Crippen molar-refractivity contribution in [2.24, 2.45) is 0 Å². The Labute approximate surface area is 78.5 Å². The van der Waals surface area contributed by atoms with Crippen LogP contribution in [0.5, 0.6) is 0 Å². The molecule has 0 fully saturated rings. The van der Waals surface area contributed by atoms with E-state index in [-0.39, 0.29) is 5.78 Å². The number of carbonyl (C=O) groups is 1. The molecule has 0 atom stereocenters. The smallest absolute Gasteiger partial charge is 0.324 e. The first-order chi connectivity index (χ1) is 5.95. The zero-order valence-electron chi connectivity index (χ0n) is 7.90. The van der Waals surface area contributed by atoms with Gasteiger partial charge in [-0.15, -0.1) is 0 Å². The highest BCUT2D eigenvalue weighted by molar-refractivity contribution is 7.52. The lowest BCUT2D eigenvalue weighted by Gasteiger charge is -2.02. The summed E-state index contributed by atoms with van der Waals surface area (Å²) in [5, 5.41) is 0. The summed E-state index contributed by atoms with van der Waals surface area (Å²) in [6.07, 6.45) is 3.57. The molecule has 0 heterocycles. The molecule has 0 aliphatic rings. The molecular weight excluding hydrogens is 191 g/mol. The van der Waals surface area contributed by atoms with Crippen LogP contribution in [0.4, 0.5) is 0 Å². The van der Waals surface area contributed by atoms with Gasteiger partial charge in [0.2, 0.25) is 0 Å². The molecule has 0 aromatic heterocycles. The molecule has 0 aromatic carbocycles. The second-order valence-corrected chi connectivity index (χ2v) is 4.82. The fraction of sp³-hybridized carbons (Fsp3) is 0.875. The molecule has 0 aromatic rings. The van der Waals surface area contributed by atoms with Gasteiger partial charge in [-0.1, -0.05) is 26.2 Å². The minimum absolute atomic E-state index is 0.297. The van der Waals surface area contributed by atoms with Crippen LogP contribution < -0.4 is 0 Å². The van der Waals surface area contributed by atoms with Gasteiger partial charge in [-0.25, -0.2) is 0 Å². The van der Waals surface area contributed by atoms with Gasteiger partial charge in [-0.05, 0) is 6.42 Å². The maximum absolute atomic E-state index is 10.9. The van der Waals surface area contributed by atoms with Crippen molar-refractivity contribution in [1.29, 1.82) is 0 Å². The van der Waals surface area contributed by atoms with Gasteiger partial charge in [0.05, 0.1) is 0 Å². The predicted octanol–water partition coefficient (Wildman–Crippen LogP) is 1.70. The molecule has 4 nitrogen and oxygen atoms in total. The van der Waals surface area contributed by atoms with Gasteiger partial charge in [0.15, 0.2) is 0 Å². The molecule has 5 heteroatoms. The van der Waals surface area contributed by atoms with Crippen LogP contribution in [0.1, 0.15) is 39.0 Å². The van der Waals surface area contributed by atoms with E-state index in [9.17, 15) is 9.36 Å². The lowest BCUT2D eigenvalue weighted by atomic mass is 10.1. The predicted molar refractivity (Wildman–Crippen MR) is 50.7 cm³/mol. The molecule has 0 saturated carbocycles. The standard InChI is InChI=1S/C8H17O4P/c1-2-3-4-5-6-8(9)7-13(10,11)12/h2-7H2,1H3,(H2,10,11,12). The van der Waals surface area contributed by atoms with Crippen molar-refractivity contribution < 1.29 is 19.1 Å². The fourth-order valence-electron chi connectivity index (χ4n) is 1.06. The van der Waals surface area contributed by atoms with E-state index in [1.54, 1.807) is 0 Å². The zero-order chi connectivity index (χ0) is 10.3. The number of unbranched alkanes of at least 4 members (excludes halogenated alkanes) is 3. The lowest BCUT2D eigenvalue weighted by Crippen LogP contribution is -2.04. The Kier molecular flexibility index (Phi) is 6.21. The minimum Gasteiger partial charge on any atom is -0.324 e. The second kappa shape index (κ2) is 6.30. The number of hydrogen-bond donors (Lipinski definition) is 2. The SMILES string of the molecule is CCCCCCC(=O)CP(=O)(O)O. The van der Waals surface area contributed by atoms with Crippen LogP contribution in [0, 0.1) is 0 Å². The maximum atomic E-state index is 10.9. The van der Waals surface area contributed by atoms with E-state index in [4.69, 9.17) is 9.79 Å². The summed E-state index contributed by atoms with van der Waals surface area (Å²) >= 11 is 0. The third kappa shape index (κ3) is 9.74. The molecule has 0 bridgehead atoms. The van der Waals surface area contributed by atoms with Crippen molar-refractivity contribution in [2.75, 3.05) is 6.16 Å². The number of rotatable bonds is 7. The summed E-state index contributed by atoms with van der Waals surface area (Å²) in [5.74, 6) is -0.329. The monoisotopic (exact) mass is 208 g/mol. The normalized spacial score (nSPS) is 11.6. The molecule has 0 saturated heterocycles. The van der Waals surface area contributed by atoms with Crippen molar-refractivity contribution in [1.82, 2.24) is 0 Å². The first kappa shape index (κ1) is 12.8. The number of hydrogen-bond acceptors (Lipinski definition) is 2. The molecular formula is C8H17O4P. The number of Topliss-reactive ketones (excluding diaryl/α,β-unsaturated/α-hetero) is 1. The molecule has 0 spiro atoms. The largest absolute Gasteiger partial charge is 0.332 e. The second-order valence-electron chi connectivity index (χ2n) is 3.17. The van der Waals surface area contributed by atoms with E-state index in [1.165, 1.54) is 0 Å². The molecule has 0 amide bonds. The maximum Gasteiger partial charge on any atom is 0.332 e. The van der Waals surface area contributed by atoms with Gasteiger partial charge in [0.25, 0.3) is 0 Å². The van der Waals surface area contributed by atoms with Crippen LogP contribution >= 0.6 is 7.60 Å². The van der Waals surface area contributed by atoms with Gasteiger partial charge in [0, 0.05) is 6.42 Å². The van der Waals surface area contributed by atoms with Crippen LogP contribution in [0.15, 0.2) is 0 Å². The van der Waals surface area contributed by atoms with Crippen LogP contribution in [0.2, 0.25) is 0 Å². The molecule has 0 aliphatic carbocycles. The molecule has 0 unspecified atom stereocenters. The Hall–Kier alpha value is -0.180. The highest BCUT2D eigenvalue weighted by Crippen LogP contribution is 2.34. The Morgan fingerprint density at radius 2 is 1.85 bits per heavy atom. The van der Waals surface area contributed by atoms with Crippen molar-refractivity contribution >= 4 is 13.4 Å². The van der Waals surface area contributed by atoms with Crippen LogP contribution in [-0.2, 0) is 9.36 Å². The van der Waals surface area contributed by atoms with Crippen LogP contribution in [-0.4, -0.2) is 21.7 Å². The van der Waals surface area contributed by atoms with Gasteiger partial charge in [-0.2, -0.15) is 0 Å². The Bertz CT molecular complexity index is 196. The van der Waals surface area contributed by atoms with E-state index in [0.717, 1.165) is 25.7 Å². The fourth-order valence-corrected chi connectivity index (χ4v) is 1.68. The zero-order valence-corrected chi connectivity index (χ0v) is 8.80.